The van der Waals surface area contributed by atoms with Crippen LogP contribution in [0.1, 0.15) is 0 Å². The molecule has 42 heavy (non-hydrogen) atoms. The molecule has 6 aromatic rings. The number of pyridine rings is 2. The molecule has 0 unspecified atom stereocenters. The van der Waals surface area contributed by atoms with E-state index < -0.39 is 7.12 Å². The SMILES string of the molecule is COc1ccc(Cl)c(-c2ccc3nc(N)nn3c2)c1.COc1ccc(Cl)c(B(O)O)c1.Nc1nc2ccc(Br)cn2n1. The van der Waals surface area contributed by atoms with Crippen LogP contribution in [-0.4, -0.2) is 60.6 Å². The molecule has 0 fully saturated rings. The van der Waals surface area contributed by atoms with E-state index in [1.165, 1.54) is 13.2 Å². The van der Waals surface area contributed by atoms with Crippen molar-refractivity contribution in [3.8, 4) is 22.6 Å². The normalized spacial score (nSPS) is 10.5. The van der Waals surface area contributed by atoms with Crippen molar-refractivity contribution in [2.24, 2.45) is 0 Å². The zero-order valence-corrected chi connectivity index (χ0v) is 25.3. The van der Waals surface area contributed by atoms with Crippen molar-refractivity contribution in [2.45, 2.75) is 0 Å². The number of benzene rings is 2. The number of anilines is 2. The van der Waals surface area contributed by atoms with Crippen LogP contribution in [0.2, 0.25) is 10.0 Å². The number of nitrogens with zero attached hydrogens (tertiary/aromatic N) is 6. The first-order valence-electron chi connectivity index (χ1n) is 12.0. The molecule has 216 valence electrons. The Bertz CT molecular complexity index is 1840. The van der Waals surface area contributed by atoms with Gasteiger partial charge in [-0.1, -0.05) is 23.2 Å². The van der Waals surface area contributed by atoms with E-state index in [0.717, 1.165) is 27.0 Å². The van der Waals surface area contributed by atoms with Crippen LogP contribution in [0.15, 0.2) is 77.5 Å². The predicted octanol–water partition coefficient (Wildman–Crippen LogP) is 3.74. The van der Waals surface area contributed by atoms with Gasteiger partial charge >= 0.3 is 7.12 Å². The van der Waals surface area contributed by atoms with Crippen molar-refractivity contribution in [2.75, 3.05) is 25.7 Å². The first kappa shape index (κ1) is 30.9. The van der Waals surface area contributed by atoms with E-state index >= 15 is 0 Å². The number of methoxy groups -OCH3 is 2. The van der Waals surface area contributed by atoms with Crippen molar-refractivity contribution in [1.82, 2.24) is 29.2 Å². The lowest BCUT2D eigenvalue weighted by Gasteiger charge is -2.07. The van der Waals surface area contributed by atoms with Gasteiger partial charge in [-0.15, -0.1) is 10.2 Å². The Morgan fingerprint density at radius 3 is 1.90 bits per heavy atom. The van der Waals surface area contributed by atoms with Crippen LogP contribution in [0.3, 0.4) is 0 Å². The van der Waals surface area contributed by atoms with Gasteiger partial charge in [-0.25, -0.2) is 9.03 Å². The number of nitrogen functional groups attached to an aromatic ring is 2. The van der Waals surface area contributed by atoms with Crippen molar-refractivity contribution in [3.05, 3.63) is 87.6 Å². The number of nitrogens with two attached hydrogens (primary N) is 2. The number of fused-ring (bicyclic) bond motifs is 2. The highest BCUT2D eigenvalue weighted by Crippen LogP contribution is 2.31. The molecule has 0 bridgehead atoms. The number of aromatic nitrogens is 6. The summed E-state index contributed by atoms with van der Waals surface area (Å²) in [6.45, 7) is 0. The van der Waals surface area contributed by atoms with Gasteiger partial charge in [0.1, 0.15) is 11.5 Å². The molecule has 0 radical (unpaired) electrons. The molecule has 4 aromatic heterocycles. The van der Waals surface area contributed by atoms with E-state index in [4.69, 9.17) is 54.2 Å². The second kappa shape index (κ2) is 13.7. The Morgan fingerprint density at radius 1 is 0.762 bits per heavy atom. The summed E-state index contributed by atoms with van der Waals surface area (Å²) in [4.78, 5) is 8.04. The van der Waals surface area contributed by atoms with Gasteiger partial charge in [0.15, 0.2) is 11.3 Å². The fourth-order valence-electron chi connectivity index (χ4n) is 3.63. The third-order valence-corrected chi connectivity index (χ3v) is 6.77. The van der Waals surface area contributed by atoms with Gasteiger partial charge in [0, 0.05) is 43.5 Å². The maximum absolute atomic E-state index is 8.84. The molecule has 2 aromatic carbocycles. The molecular weight excluding hydrogens is 650 g/mol. The summed E-state index contributed by atoms with van der Waals surface area (Å²) in [7, 11) is 1.55. The largest absolute Gasteiger partial charge is 0.497 e. The fourth-order valence-corrected chi connectivity index (χ4v) is 4.40. The van der Waals surface area contributed by atoms with Gasteiger partial charge in [0.05, 0.1) is 14.2 Å². The molecule has 0 saturated carbocycles. The van der Waals surface area contributed by atoms with E-state index in [9.17, 15) is 0 Å². The Labute approximate surface area is 258 Å². The van der Waals surface area contributed by atoms with Gasteiger partial charge in [-0.2, -0.15) is 9.97 Å². The summed E-state index contributed by atoms with van der Waals surface area (Å²) in [5.74, 6) is 1.83. The van der Waals surface area contributed by atoms with E-state index in [1.54, 1.807) is 40.5 Å². The first-order chi connectivity index (χ1) is 20.1. The molecule has 6 rings (SSSR count). The molecule has 0 saturated heterocycles. The van der Waals surface area contributed by atoms with Gasteiger partial charge < -0.3 is 31.0 Å². The third-order valence-electron chi connectivity index (χ3n) is 5.62. The predicted molar refractivity (Wildman–Crippen MR) is 167 cm³/mol. The summed E-state index contributed by atoms with van der Waals surface area (Å²) in [6.07, 6.45) is 3.64. The van der Waals surface area contributed by atoms with Crippen LogP contribution in [0.25, 0.3) is 22.4 Å². The molecule has 12 nitrogen and oxygen atoms in total. The summed E-state index contributed by atoms with van der Waals surface area (Å²) in [5, 5.41) is 26.6. The standard InChI is InChI=1S/C13H11ClN4O.C7H8BClO3.C6H5BrN4/c1-19-9-3-4-11(14)10(6-9)8-2-5-12-16-13(15)17-18(12)7-8;1-12-5-2-3-7(9)6(4-5)8(10)11;7-4-1-2-5-9-6(8)10-11(5)3-4/h2-7H,1H3,(H2,15,17);2-4,10-11H,1H3;1-3H,(H2,8,10). The lowest BCUT2D eigenvalue weighted by atomic mass is 9.80. The highest BCUT2D eigenvalue weighted by Gasteiger charge is 2.15. The lowest BCUT2D eigenvalue weighted by Crippen LogP contribution is -2.30. The molecule has 4 heterocycles. The van der Waals surface area contributed by atoms with Gasteiger partial charge in [-0.3, -0.25) is 0 Å². The lowest BCUT2D eigenvalue weighted by molar-refractivity contribution is 0.412. The average Bonchev–Trinajstić information content (AvgIpc) is 3.53. The number of halogens is 3. The van der Waals surface area contributed by atoms with E-state index in [1.807, 2.05) is 42.6 Å². The van der Waals surface area contributed by atoms with E-state index in [0.29, 0.717) is 27.4 Å². The van der Waals surface area contributed by atoms with Crippen LogP contribution in [-0.2, 0) is 0 Å². The van der Waals surface area contributed by atoms with Crippen LogP contribution in [0.5, 0.6) is 11.5 Å². The number of ether oxygens (including phenoxy) is 2. The Kier molecular flexibility index (Phi) is 10.1. The maximum Gasteiger partial charge on any atom is 0.490 e. The third kappa shape index (κ3) is 7.60. The second-order valence-corrected chi connectivity index (χ2v) is 10.1. The number of hydrogen-bond donors (Lipinski definition) is 4. The van der Waals surface area contributed by atoms with Crippen molar-refractivity contribution in [3.63, 3.8) is 0 Å². The molecule has 0 aliphatic rings. The van der Waals surface area contributed by atoms with Crippen LogP contribution in [0, 0.1) is 0 Å². The van der Waals surface area contributed by atoms with Crippen molar-refractivity contribution in [1.29, 1.82) is 0 Å². The second-order valence-electron chi connectivity index (χ2n) is 8.42. The van der Waals surface area contributed by atoms with E-state index in [2.05, 4.69) is 36.1 Å². The molecule has 0 aliphatic heterocycles. The van der Waals surface area contributed by atoms with Gasteiger partial charge in [0.25, 0.3) is 0 Å². The molecular formula is C26H24BBrCl2N8O4. The smallest absolute Gasteiger partial charge is 0.490 e. The fraction of sp³-hybridized carbons (Fsp3) is 0.0769. The monoisotopic (exact) mass is 672 g/mol. The van der Waals surface area contributed by atoms with Crippen molar-refractivity contribution >= 4 is 74.9 Å². The molecule has 16 heteroatoms. The van der Waals surface area contributed by atoms with Crippen LogP contribution < -0.4 is 26.4 Å². The molecule has 0 aliphatic carbocycles. The highest BCUT2D eigenvalue weighted by molar-refractivity contribution is 9.10. The minimum absolute atomic E-state index is 0.244. The molecule has 6 N–H and O–H groups in total. The van der Waals surface area contributed by atoms with Crippen LogP contribution in [0.4, 0.5) is 11.9 Å². The minimum Gasteiger partial charge on any atom is -0.497 e. The topological polar surface area (TPSA) is 171 Å². The molecule has 0 spiro atoms. The zero-order valence-electron chi connectivity index (χ0n) is 22.2. The molecule has 0 amide bonds. The average molecular weight is 674 g/mol. The van der Waals surface area contributed by atoms with E-state index in [-0.39, 0.29) is 11.4 Å². The van der Waals surface area contributed by atoms with Crippen LogP contribution >= 0.6 is 39.1 Å². The van der Waals surface area contributed by atoms with Gasteiger partial charge in [0.2, 0.25) is 11.9 Å². The van der Waals surface area contributed by atoms with Gasteiger partial charge in [-0.05, 0) is 76.6 Å². The quantitative estimate of drug-likeness (QED) is 0.202. The Morgan fingerprint density at radius 2 is 1.31 bits per heavy atom. The molecule has 0 atom stereocenters. The summed E-state index contributed by atoms with van der Waals surface area (Å²) < 4.78 is 14.3. The maximum atomic E-state index is 8.84. The Balaban J connectivity index is 0.000000153. The zero-order chi connectivity index (χ0) is 30.4. The number of rotatable bonds is 4. The Hall–Kier alpha value is -4.08. The summed E-state index contributed by atoms with van der Waals surface area (Å²) in [6, 6.07) is 17.7. The first-order valence-corrected chi connectivity index (χ1v) is 13.6. The summed E-state index contributed by atoms with van der Waals surface area (Å²) >= 11 is 15.2. The van der Waals surface area contributed by atoms with Crippen molar-refractivity contribution < 1.29 is 19.5 Å². The highest BCUT2D eigenvalue weighted by atomic mass is 79.9. The summed E-state index contributed by atoms with van der Waals surface area (Å²) in [5.41, 5.74) is 14.4. The number of hydrogen-bond acceptors (Lipinski definition) is 10. The minimum atomic E-state index is -1.56.